The first-order valence-corrected chi connectivity index (χ1v) is 12.1. The number of fused-ring (bicyclic) bond motifs is 1. The molecule has 1 aromatic carbocycles. The topological polar surface area (TPSA) is 128 Å². The second-order valence-electron chi connectivity index (χ2n) is 8.93. The Bertz CT molecular complexity index is 1680. The van der Waals surface area contributed by atoms with E-state index in [0.29, 0.717) is 29.3 Å². The van der Waals surface area contributed by atoms with E-state index >= 15 is 0 Å². The summed E-state index contributed by atoms with van der Waals surface area (Å²) in [5.74, 6) is 6.50. The van der Waals surface area contributed by atoms with Crippen LogP contribution in [-0.2, 0) is 13.1 Å². The summed E-state index contributed by atoms with van der Waals surface area (Å²) in [6.45, 7) is 3.19. The average molecular weight is 495 g/mol. The molecule has 1 atom stereocenters. The molecule has 10 heteroatoms. The first kappa shape index (κ1) is 24.0. The van der Waals surface area contributed by atoms with Crippen LogP contribution in [0.2, 0.25) is 0 Å². The Balaban J connectivity index is 1.84. The fourth-order valence-corrected chi connectivity index (χ4v) is 4.74. The van der Waals surface area contributed by atoms with E-state index in [1.54, 1.807) is 29.7 Å². The van der Waals surface area contributed by atoms with Crippen molar-refractivity contribution in [1.82, 2.24) is 23.7 Å². The third-order valence-electron chi connectivity index (χ3n) is 6.53. The molecular weight excluding hydrogens is 468 g/mol. The summed E-state index contributed by atoms with van der Waals surface area (Å²) in [5.41, 5.74) is 7.13. The average Bonchev–Trinajstić information content (AvgIpc) is 3.30. The van der Waals surface area contributed by atoms with Crippen LogP contribution < -0.4 is 21.9 Å². The molecule has 0 aliphatic carbocycles. The van der Waals surface area contributed by atoms with Crippen LogP contribution in [0.1, 0.15) is 30.9 Å². The maximum atomic E-state index is 14.0. The van der Waals surface area contributed by atoms with Crippen LogP contribution in [-0.4, -0.2) is 42.8 Å². The zero-order chi connectivity index (χ0) is 25.9. The summed E-state index contributed by atoms with van der Waals surface area (Å²) in [6, 6.07) is 12.7. The summed E-state index contributed by atoms with van der Waals surface area (Å²) in [5, 5.41) is 9.56. The van der Waals surface area contributed by atoms with Gasteiger partial charge >= 0.3 is 5.69 Å². The van der Waals surface area contributed by atoms with Crippen LogP contribution in [0.25, 0.3) is 16.9 Å². The Morgan fingerprint density at radius 2 is 1.97 bits per heavy atom. The summed E-state index contributed by atoms with van der Waals surface area (Å²) in [7, 11) is 0. The molecule has 0 spiro atoms. The Hall–Kier alpha value is -4.67. The van der Waals surface area contributed by atoms with E-state index in [1.807, 2.05) is 18.2 Å². The molecule has 4 heterocycles. The summed E-state index contributed by atoms with van der Waals surface area (Å²) in [4.78, 5) is 38.9. The van der Waals surface area contributed by atoms with Gasteiger partial charge < -0.3 is 10.6 Å². The van der Waals surface area contributed by atoms with Crippen molar-refractivity contribution in [3.8, 4) is 23.6 Å². The number of nitrogens with zero attached hydrogens (tertiary/aromatic N) is 7. The van der Waals surface area contributed by atoms with E-state index in [9.17, 15) is 14.9 Å². The minimum atomic E-state index is -0.551. The lowest BCUT2D eigenvalue weighted by Gasteiger charge is -2.31. The van der Waals surface area contributed by atoms with E-state index in [-0.39, 0.29) is 30.3 Å². The van der Waals surface area contributed by atoms with E-state index < -0.39 is 11.2 Å². The second-order valence-corrected chi connectivity index (χ2v) is 8.93. The van der Waals surface area contributed by atoms with Gasteiger partial charge in [0.1, 0.15) is 0 Å². The fraction of sp³-hybridized carbons (Fsp3) is 0.296. The molecule has 0 amide bonds. The first-order chi connectivity index (χ1) is 18.0. The Labute approximate surface area is 213 Å². The van der Waals surface area contributed by atoms with Crippen LogP contribution in [0.15, 0.2) is 58.4 Å². The van der Waals surface area contributed by atoms with E-state index in [4.69, 9.17) is 10.7 Å². The van der Waals surface area contributed by atoms with Gasteiger partial charge in [-0.05, 0) is 38.0 Å². The molecule has 1 aliphatic rings. The monoisotopic (exact) mass is 494 g/mol. The van der Waals surface area contributed by atoms with Crippen molar-refractivity contribution in [3.05, 3.63) is 80.8 Å². The molecule has 1 saturated heterocycles. The van der Waals surface area contributed by atoms with Crippen molar-refractivity contribution in [3.63, 3.8) is 0 Å². The lowest BCUT2D eigenvalue weighted by atomic mass is 10.1. The molecule has 0 saturated carbocycles. The zero-order valence-electron chi connectivity index (χ0n) is 20.5. The maximum Gasteiger partial charge on any atom is 0.337 e. The van der Waals surface area contributed by atoms with Crippen LogP contribution in [0.4, 0.5) is 5.95 Å². The van der Waals surface area contributed by atoms with E-state index in [2.05, 4.69) is 27.8 Å². The molecule has 186 valence electrons. The minimum Gasteiger partial charge on any atom is -0.341 e. The number of piperidine rings is 1. The SMILES string of the molecule is CC#CCn1c(N2CCC[C@@H](N)C2)nc2c1c(=O)n(Cc1cnccc1C#N)c(=O)n2-c1ccccc1. The van der Waals surface area contributed by atoms with Crippen LogP contribution in [0.5, 0.6) is 0 Å². The smallest absolute Gasteiger partial charge is 0.337 e. The van der Waals surface area contributed by atoms with Crippen molar-refractivity contribution in [1.29, 1.82) is 5.26 Å². The molecule has 0 bridgehead atoms. The van der Waals surface area contributed by atoms with Gasteiger partial charge in [0.25, 0.3) is 5.56 Å². The molecule has 37 heavy (non-hydrogen) atoms. The largest absolute Gasteiger partial charge is 0.341 e. The van der Waals surface area contributed by atoms with Gasteiger partial charge in [-0.1, -0.05) is 24.1 Å². The van der Waals surface area contributed by atoms with E-state index in [0.717, 1.165) is 24.0 Å². The van der Waals surface area contributed by atoms with Gasteiger partial charge in [0, 0.05) is 37.1 Å². The standard InChI is InChI=1S/C27H26N8O2/c1-2-3-14-33-23-24(31-26(33)32-13-7-8-21(29)18-32)35(22-9-5-4-6-10-22)27(37)34(25(23)36)17-20-16-30-12-11-19(20)15-28/h4-6,9-12,16,21H,7-8,13-14,17-18,29H2,1H3/t21-/m1/s1. The summed E-state index contributed by atoms with van der Waals surface area (Å²) in [6.07, 6.45) is 4.82. The quantitative estimate of drug-likeness (QED) is 0.418. The van der Waals surface area contributed by atoms with Crippen LogP contribution in [0.3, 0.4) is 0 Å². The van der Waals surface area contributed by atoms with Gasteiger partial charge in [-0.25, -0.2) is 9.36 Å². The predicted octanol–water partition coefficient (Wildman–Crippen LogP) is 1.61. The fourth-order valence-electron chi connectivity index (χ4n) is 4.74. The molecule has 2 N–H and O–H groups in total. The number of benzene rings is 1. The number of hydrogen-bond donors (Lipinski definition) is 1. The van der Waals surface area contributed by atoms with Crippen molar-refractivity contribution < 1.29 is 0 Å². The molecule has 1 aliphatic heterocycles. The first-order valence-electron chi connectivity index (χ1n) is 12.1. The number of rotatable bonds is 5. The van der Waals surface area contributed by atoms with Crippen molar-refractivity contribution in [2.45, 2.75) is 38.9 Å². The zero-order valence-corrected chi connectivity index (χ0v) is 20.5. The summed E-state index contributed by atoms with van der Waals surface area (Å²) >= 11 is 0. The number of nitriles is 1. The molecule has 0 radical (unpaired) electrons. The third kappa shape index (κ3) is 4.39. The second kappa shape index (κ2) is 10.1. The highest BCUT2D eigenvalue weighted by molar-refractivity contribution is 5.77. The number of imidazole rings is 1. The number of pyridine rings is 1. The lowest BCUT2D eigenvalue weighted by molar-refractivity contribution is 0.496. The number of aromatic nitrogens is 5. The highest BCUT2D eigenvalue weighted by atomic mass is 16.2. The highest BCUT2D eigenvalue weighted by Crippen LogP contribution is 2.24. The molecule has 3 aromatic heterocycles. The molecule has 0 unspecified atom stereocenters. The molecule has 5 rings (SSSR count). The van der Waals surface area contributed by atoms with Crippen LogP contribution in [0, 0.1) is 23.2 Å². The number of anilines is 1. The molecular formula is C27H26N8O2. The minimum absolute atomic E-state index is 0.0118. The van der Waals surface area contributed by atoms with Gasteiger partial charge in [0.2, 0.25) is 5.95 Å². The number of hydrogen-bond acceptors (Lipinski definition) is 7. The molecule has 10 nitrogen and oxygen atoms in total. The maximum absolute atomic E-state index is 14.0. The number of nitrogens with two attached hydrogens (primary N) is 1. The Morgan fingerprint density at radius 3 is 2.70 bits per heavy atom. The van der Waals surface area contributed by atoms with Gasteiger partial charge in [-0.15, -0.1) is 5.92 Å². The predicted molar refractivity (Wildman–Crippen MR) is 141 cm³/mol. The molecule has 4 aromatic rings. The lowest BCUT2D eigenvalue weighted by Crippen LogP contribution is -2.44. The van der Waals surface area contributed by atoms with Gasteiger partial charge in [-0.3, -0.25) is 18.9 Å². The molecule has 1 fully saturated rings. The highest BCUT2D eigenvalue weighted by Gasteiger charge is 2.27. The third-order valence-corrected chi connectivity index (χ3v) is 6.53. The normalized spacial score (nSPS) is 15.3. The Morgan fingerprint density at radius 1 is 1.16 bits per heavy atom. The van der Waals surface area contributed by atoms with Crippen molar-refractivity contribution >= 4 is 17.1 Å². The van der Waals surface area contributed by atoms with Crippen molar-refractivity contribution in [2.24, 2.45) is 5.73 Å². The van der Waals surface area contributed by atoms with Gasteiger partial charge in [0.05, 0.1) is 30.4 Å². The van der Waals surface area contributed by atoms with Crippen molar-refractivity contribution in [2.75, 3.05) is 18.0 Å². The van der Waals surface area contributed by atoms with Crippen LogP contribution >= 0.6 is 0 Å². The van der Waals surface area contributed by atoms with Gasteiger partial charge in [0.15, 0.2) is 11.2 Å². The Kier molecular flexibility index (Phi) is 6.59. The van der Waals surface area contributed by atoms with Gasteiger partial charge in [-0.2, -0.15) is 10.2 Å². The van der Waals surface area contributed by atoms with E-state index in [1.165, 1.54) is 17.0 Å². The summed E-state index contributed by atoms with van der Waals surface area (Å²) < 4.78 is 4.36. The number of para-hydroxylation sites is 1.